The molecule has 0 aliphatic carbocycles. The van der Waals surface area contributed by atoms with Crippen LogP contribution in [0.3, 0.4) is 0 Å². The third-order valence-corrected chi connectivity index (χ3v) is 2.89. The number of nitrogens with one attached hydrogen (secondary N) is 1. The Hall–Kier alpha value is -1.89. The highest BCUT2D eigenvalue weighted by Crippen LogP contribution is 2.24. The highest BCUT2D eigenvalue weighted by molar-refractivity contribution is 7.71. The minimum absolute atomic E-state index is 0.0376. The van der Waals surface area contributed by atoms with Crippen molar-refractivity contribution >= 4 is 29.2 Å². The van der Waals surface area contributed by atoms with Gasteiger partial charge in [0.25, 0.3) is 0 Å². The summed E-state index contributed by atoms with van der Waals surface area (Å²) in [6.07, 6.45) is 0. The molecule has 1 heterocycles. The first-order valence-corrected chi connectivity index (χ1v) is 5.50. The maximum atomic E-state index is 13.5. The number of halogens is 1. The zero-order chi connectivity index (χ0) is 13.3. The van der Waals surface area contributed by atoms with Gasteiger partial charge in [0.2, 0.25) is 0 Å². The molecule has 0 radical (unpaired) electrons. The lowest BCUT2D eigenvalue weighted by molar-refractivity contribution is -0.141. The number of esters is 1. The van der Waals surface area contributed by atoms with Crippen molar-refractivity contribution in [1.29, 1.82) is 0 Å². The van der Waals surface area contributed by atoms with Crippen molar-refractivity contribution < 1.29 is 18.7 Å². The largest absolute Gasteiger partial charge is 0.494 e. The van der Waals surface area contributed by atoms with Gasteiger partial charge >= 0.3 is 5.97 Å². The lowest BCUT2D eigenvalue weighted by Gasteiger charge is -2.05. The second-order valence-corrected chi connectivity index (χ2v) is 3.98. The topological polar surface area (TPSA) is 56.2 Å². The monoisotopic (exact) mass is 270 g/mol. The first-order valence-electron chi connectivity index (χ1n) is 5.09. The molecule has 5 nitrogen and oxygen atoms in total. The van der Waals surface area contributed by atoms with Crippen LogP contribution in [0.5, 0.6) is 5.75 Å². The molecule has 0 unspecified atom stereocenters. The van der Waals surface area contributed by atoms with E-state index in [-0.39, 0.29) is 12.3 Å². The number of aromatic amines is 1. The number of hydrogen-bond acceptors (Lipinski definition) is 4. The molecule has 1 aromatic carbocycles. The fourth-order valence-electron chi connectivity index (χ4n) is 1.67. The summed E-state index contributed by atoms with van der Waals surface area (Å²) in [5.74, 6) is -0.836. The highest BCUT2D eigenvalue weighted by atomic mass is 32.1. The van der Waals surface area contributed by atoms with E-state index in [0.29, 0.717) is 15.8 Å². The van der Waals surface area contributed by atoms with E-state index in [2.05, 4.69) is 9.72 Å². The van der Waals surface area contributed by atoms with E-state index in [9.17, 15) is 9.18 Å². The number of carbonyl (C=O) groups is 1. The van der Waals surface area contributed by atoms with Gasteiger partial charge in [-0.3, -0.25) is 4.79 Å². The molecular weight excluding hydrogens is 259 g/mol. The second-order valence-electron chi connectivity index (χ2n) is 3.60. The van der Waals surface area contributed by atoms with E-state index < -0.39 is 11.8 Å². The normalized spacial score (nSPS) is 10.6. The van der Waals surface area contributed by atoms with Crippen molar-refractivity contribution in [2.24, 2.45) is 0 Å². The van der Waals surface area contributed by atoms with Gasteiger partial charge in [-0.1, -0.05) is 0 Å². The molecule has 0 aliphatic rings. The number of nitrogens with zero attached hydrogens (tertiary/aromatic N) is 1. The number of ether oxygens (including phenoxy) is 2. The Bertz CT molecular complexity index is 662. The van der Waals surface area contributed by atoms with Crippen molar-refractivity contribution in [2.75, 3.05) is 14.2 Å². The predicted octanol–water partition coefficient (Wildman–Crippen LogP) is 2.02. The van der Waals surface area contributed by atoms with Gasteiger partial charge in [-0.05, 0) is 12.2 Å². The standard InChI is InChI=1S/C11H11FN2O3S/c1-16-9-4-8-7(3-6(9)12)13-11(18)14(8)5-10(15)17-2/h3-4H,5H2,1-2H3,(H,13,18). The number of benzene rings is 1. The van der Waals surface area contributed by atoms with Gasteiger partial charge in [-0.2, -0.15) is 0 Å². The smallest absolute Gasteiger partial charge is 0.325 e. The van der Waals surface area contributed by atoms with Crippen LogP contribution in [0.1, 0.15) is 0 Å². The van der Waals surface area contributed by atoms with Crippen LogP contribution < -0.4 is 4.74 Å². The zero-order valence-electron chi connectivity index (χ0n) is 9.82. The maximum absolute atomic E-state index is 13.5. The Morgan fingerprint density at radius 2 is 2.22 bits per heavy atom. The number of hydrogen-bond donors (Lipinski definition) is 1. The molecule has 0 amide bonds. The Balaban J connectivity index is 2.62. The Labute approximate surface area is 107 Å². The maximum Gasteiger partial charge on any atom is 0.325 e. The van der Waals surface area contributed by atoms with Crippen molar-refractivity contribution in [2.45, 2.75) is 6.54 Å². The van der Waals surface area contributed by atoms with Gasteiger partial charge in [-0.25, -0.2) is 4.39 Å². The molecule has 2 aromatic rings. The highest BCUT2D eigenvalue weighted by Gasteiger charge is 2.12. The molecule has 96 valence electrons. The molecule has 0 aliphatic heterocycles. The molecule has 2 rings (SSSR count). The molecule has 0 atom stereocenters. The van der Waals surface area contributed by atoms with Crippen LogP contribution in [0, 0.1) is 10.6 Å². The van der Waals surface area contributed by atoms with E-state index in [0.717, 1.165) is 0 Å². The molecule has 0 saturated carbocycles. The second kappa shape index (κ2) is 4.77. The minimum atomic E-state index is -0.494. The number of imidazole rings is 1. The fourth-order valence-corrected chi connectivity index (χ4v) is 1.94. The quantitative estimate of drug-likeness (QED) is 0.685. The van der Waals surface area contributed by atoms with Crippen LogP contribution in [0.25, 0.3) is 11.0 Å². The first kappa shape index (κ1) is 12.6. The van der Waals surface area contributed by atoms with Gasteiger partial charge in [-0.15, -0.1) is 0 Å². The summed E-state index contributed by atoms with van der Waals surface area (Å²) in [5, 5.41) is 0. The molecular formula is C11H11FN2O3S. The summed E-state index contributed by atoms with van der Waals surface area (Å²) < 4.78 is 24.8. The Morgan fingerprint density at radius 1 is 1.50 bits per heavy atom. The molecule has 7 heteroatoms. The van der Waals surface area contributed by atoms with Crippen molar-refractivity contribution in [3.05, 3.63) is 22.7 Å². The van der Waals surface area contributed by atoms with Crippen molar-refractivity contribution in [3.8, 4) is 5.75 Å². The number of H-pyrrole nitrogens is 1. The van der Waals surface area contributed by atoms with Gasteiger partial charge in [0.05, 0.1) is 25.3 Å². The SMILES string of the molecule is COC(=O)Cn1c(=S)[nH]c2cc(F)c(OC)cc21. The van der Waals surface area contributed by atoms with E-state index in [4.69, 9.17) is 17.0 Å². The number of fused-ring (bicyclic) bond motifs is 1. The molecule has 0 fully saturated rings. The minimum Gasteiger partial charge on any atom is -0.494 e. The van der Waals surface area contributed by atoms with Gasteiger partial charge in [0.15, 0.2) is 16.3 Å². The van der Waals surface area contributed by atoms with Crippen LogP contribution >= 0.6 is 12.2 Å². The summed E-state index contributed by atoms with van der Waals surface area (Å²) in [4.78, 5) is 14.1. The number of carbonyl (C=O) groups excluding carboxylic acids is 1. The Morgan fingerprint density at radius 3 is 2.83 bits per heavy atom. The third-order valence-electron chi connectivity index (χ3n) is 2.56. The van der Waals surface area contributed by atoms with Crippen LogP contribution in [-0.2, 0) is 16.1 Å². The van der Waals surface area contributed by atoms with Crippen LogP contribution in [0.15, 0.2) is 12.1 Å². The fraction of sp³-hybridized carbons (Fsp3) is 0.273. The van der Waals surface area contributed by atoms with Crippen LogP contribution in [-0.4, -0.2) is 29.7 Å². The first-order chi connectivity index (χ1) is 8.56. The summed E-state index contributed by atoms with van der Waals surface area (Å²) >= 11 is 5.08. The average molecular weight is 270 g/mol. The molecule has 0 bridgehead atoms. The summed E-state index contributed by atoms with van der Waals surface area (Å²) in [7, 11) is 2.66. The van der Waals surface area contributed by atoms with Crippen LogP contribution in [0.2, 0.25) is 0 Å². The number of methoxy groups -OCH3 is 2. The van der Waals surface area contributed by atoms with E-state index >= 15 is 0 Å². The molecule has 18 heavy (non-hydrogen) atoms. The number of rotatable bonds is 3. The van der Waals surface area contributed by atoms with Gasteiger partial charge < -0.3 is 19.0 Å². The van der Waals surface area contributed by atoms with Crippen molar-refractivity contribution in [3.63, 3.8) is 0 Å². The summed E-state index contributed by atoms with van der Waals surface area (Å²) in [6, 6.07) is 2.76. The molecule has 0 saturated heterocycles. The van der Waals surface area contributed by atoms with Gasteiger partial charge in [0, 0.05) is 12.1 Å². The zero-order valence-corrected chi connectivity index (χ0v) is 10.6. The van der Waals surface area contributed by atoms with E-state index in [1.165, 1.54) is 30.9 Å². The Kier molecular flexibility index (Phi) is 3.33. The summed E-state index contributed by atoms with van der Waals surface area (Å²) in [5.41, 5.74) is 1.09. The van der Waals surface area contributed by atoms with E-state index in [1.54, 1.807) is 0 Å². The lowest BCUT2D eigenvalue weighted by atomic mass is 10.3. The lowest BCUT2D eigenvalue weighted by Crippen LogP contribution is -2.11. The average Bonchev–Trinajstić information content (AvgIpc) is 2.64. The van der Waals surface area contributed by atoms with Gasteiger partial charge in [0.1, 0.15) is 6.54 Å². The molecule has 0 spiro atoms. The van der Waals surface area contributed by atoms with Crippen molar-refractivity contribution in [1.82, 2.24) is 9.55 Å². The van der Waals surface area contributed by atoms with Crippen LogP contribution in [0.4, 0.5) is 4.39 Å². The summed E-state index contributed by atoms with van der Waals surface area (Å²) in [6.45, 7) is -0.0376. The predicted molar refractivity (Wildman–Crippen MR) is 65.6 cm³/mol. The third kappa shape index (κ3) is 2.08. The molecule has 1 aromatic heterocycles. The number of aromatic nitrogens is 2. The van der Waals surface area contributed by atoms with E-state index in [1.807, 2.05) is 0 Å². The molecule has 1 N–H and O–H groups in total.